The van der Waals surface area contributed by atoms with E-state index in [2.05, 4.69) is 11.0 Å². The van der Waals surface area contributed by atoms with Crippen LogP contribution in [-0.4, -0.2) is 43.5 Å². The minimum Gasteiger partial charge on any atom is -0.350 e. The maximum atomic E-state index is 8.55. The molecule has 0 N–H and O–H groups in total. The first kappa shape index (κ1) is 11.8. The van der Waals surface area contributed by atoms with Crippen LogP contribution in [0.1, 0.15) is 32.1 Å². The highest BCUT2D eigenvalue weighted by atomic mass is 16.7. The maximum absolute atomic E-state index is 8.55. The van der Waals surface area contributed by atoms with E-state index in [1.165, 1.54) is 32.4 Å². The Morgan fingerprint density at radius 1 is 1.25 bits per heavy atom. The molecule has 0 aromatic carbocycles. The van der Waals surface area contributed by atoms with Crippen molar-refractivity contribution in [1.82, 2.24) is 4.90 Å². The second-order valence-electron chi connectivity index (χ2n) is 4.57. The molecule has 2 heterocycles. The summed E-state index contributed by atoms with van der Waals surface area (Å²) in [5.74, 6) is 0. The van der Waals surface area contributed by atoms with Crippen LogP contribution in [0.5, 0.6) is 0 Å². The number of likely N-dealkylation sites (tertiary alicyclic amines) is 1. The Labute approximate surface area is 97.1 Å². The van der Waals surface area contributed by atoms with Crippen molar-refractivity contribution in [1.29, 1.82) is 5.26 Å². The van der Waals surface area contributed by atoms with Gasteiger partial charge in [0.25, 0.3) is 0 Å². The van der Waals surface area contributed by atoms with E-state index in [1.807, 2.05) is 0 Å². The van der Waals surface area contributed by atoms with Crippen molar-refractivity contribution in [2.24, 2.45) is 0 Å². The SMILES string of the molecule is N#CCC1COC(CCN2CCCCC2)O1. The number of hydrogen-bond donors (Lipinski definition) is 0. The van der Waals surface area contributed by atoms with Gasteiger partial charge < -0.3 is 14.4 Å². The van der Waals surface area contributed by atoms with Gasteiger partial charge in [-0.15, -0.1) is 0 Å². The van der Waals surface area contributed by atoms with E-state index in [9.17, 15) is 0 Å². The Bertz CT molecular complexity index is 246. The molecular formula is C12H20N2O2. The molecule has 90 valence electrons. The molecule has 2 unspecified atom stereocenters. The lowest BCUT2D eigenvalue weighted by molar-refractivity contribution is -0.0659. The second kappa shape index (κ2) is 6.19. The molecule has 16 heavy (non-hydrogen) atoms. The number of nitrogens with zero attached hydrogens (tertiary/aromatic N) is 2. The minimum atomic E-state index is -0.0831. The van der Waals surface area contributed by atoms with E-state index in [-0.39, 0.29) is 12.4 Å². The summed E-state index contributed by atoms with van der Waals surface area (Å²) < 4.78 is 11.1. The number of nitriles is 1. The average molecular weight is 224 g/mol. The predicted octanol–water partition coefficient (Wildman–Crippen LogP) is 1.52. The molecular weight excluding hydrogens is 204 g/mol. The lowest BCUT2D eigenvalue weighted by atomic mass is 10.1. The van der Waals surface area contributed by atoms with Crippen molar-refractivity contribution in [2.45, 2.75) is 44.5 Å². The fourth-order valence-electron chi connectivity index (χ4n) is 2.34. The van der Waals surface area contributed by atoms with Crippen LogP contribution in [0.15, 0.2) is 0 Å². The van der Waals surface area contributed by atoms with Gasteiger partial charge in [-0.25, -0.2) is 0 Å². The molecule has 0 radical (unpaired) electrons. The van der Waals surface area contributed by atoms with Gasteiger partial charge in [0.2, 0.25) is 0 Å². The summed E-state index contributed by atoms with van der Waals surface area (Å²) in [5, 5.41) is 8.55. The molecule has 2 aliphatic heterocycles. The van der Waals surface area contributed by atoms with Gasteiger partial charge in [-0.05, 0) is 25.9 Å². The van der Waals surface area contributed by atoms with Crippen molar-refractivity contribution < 1.29 is 9.47 Å². The smallest absolute Gasteiger partial charge is 0.159 e. The fraction of sp³-hybridized carbons (Fsp3) is 0.917. The van der Waals surface area contributed by atoms with Crippen LogP contribution < -0.4 is 0 Å². The number of piperidine rings is 1. The van der Waals surface area contributed by atoms with E-state index in [0.29, 0.717) is 13.0 Å². The Hall–Kier alpha value is -0.630. The van der Waals surface area contributed by atoms with Gasteiger partial charge in [0.15, 0.2) is 6.29 Å². The zero-order valence-corrected chi connectivity index (χ0v) is 9.73. The lowest BCUT2D eigenvalue weighted by Gasteiger charge is -2.27. The lowest BCUT2D eigenvalue weighted by Crippen LogP contribution is -2.32. The quantitative estimate of drug-likeness (QED) is 0.726. The van der Waals surface area contributed by atoms with Crippen LogP contribution in [0.3, 0.4) is 0 Å². The van der Waals surface area contributed by atoms with E-state index >= 15 is 0 Å². The molecule has 0 aliphatic carbocycles. The van der Waals surface area contributed by atoms with Crippen LogP contribution >= 0.6 is 0 Å². The molecule has 2 fully saturated rings. The topological polar surface area (TPSA) is 45.5 Å². The van der Waals surface area contributed by atoms with Gasteiger partial charge in [-0.3, -0.25) is 0 Å². The number of hydrogen-bond acceptors (Lipinski definition) is 4. The summed E-state index contributed by atoms with van der Waals surface area (Å²) in [4.78, 5) is 2.48. The number of rotatable bonds is 4. The van der Waals surface area contributed by atoms with E-state index in [4.69, 9.17) is 14.7 Å². The summed E-state index contributed by atoms with van der Waals surface area (Å²) in [5.41, 5.74) is 0. The summed E-state index contributed by atoms with van der Waals surface area (Å²) in [7, 11) is 0. The van der Waals surface area contributed by atoms with Crippen molar-refractivity contribution >= 4 is 0 Å². The molecule has 0 aromatic rings. The first-order valence-electron chi connectivity index (χ1n) is 6.25. The molecule has 2 saturated heterocycles. The highest BCUT2D eigenvalue weighted by molar-refractivity contribution is 4.79. The highest BCUT2D eigenvalue weighted by Gasteiger charge is 2.26. The van der Waals surface area contributed by atoms with Gasteiger partial charge >= 0.3 is 0 Å². The Kier molecular flexibility index (Phi) is 4.58. The summed E-state index contributed by atoms with van der Waals surface area (Å²) in [6, 6.07) is 2.12. The zero-order chi connectivity index (χ0) is 11.2. The first-order valence-corrected chi connectivity index (χ1v) is 6.25. The Morgan fingerprint density at radius 2 is 2.06 bits per heavy atom. The Morgan fingerprint density at radius 3 is 2.81 bits per heavy atom. The van der Waals surface area contributed by atoms with Gasteiger partial charge in [0.1, 0.15) is 0 Å². The van der Waals surface area contributed by atoms with E-state index in [1.54, 1.807) is 0 Å². The van der Waals surface area contributed by atoms with Gasteiger partial charge in [-0.1, -0.05) is 6.42 Å². The number of ether oxygens (including phenoxy) is 2. The Balaban J connectivity index is 1.61. The normalized spacial score (nSPS) is 31.4. The molecule has 4 nitrogen and oxygen atoms in total. The van der Waals surface area contributed by atoms with Crippen LogP contribution in [-0.2, 0) is 9.47 Å². The molecule has 2 rings (SSSR count). The molecule has 0 amide bonds. The van der Waals surface area contributed by atoms with Crippen molar-refractivity contribution in [3.05, 3.63) is 0 Å². The molecule has 2 atom stereocenters. The zero-order valence-electron chi connectivity index (χ0n) is 9.73. The maximum Gasteiger partial charge on any atom is 0.159 e. The molecule has 4 heteroatoms. The van der Waals surface area contributed by atoms with E-state index < -0.39 is 0 Å². The molecule has 0 aromatic heterocycles. The van der Waals surface area contributed by atoms with Crippen molar-refractivity contribution in [2.75, 3.05) is 26.2 Å². The summed E-state index contributed by atoms with van der Waals surface area (Å²) in [6.07, 6.45) is 5.31. The first-order chi connectivity index (χ1) is 7.88. The van der Waals surface area contributed by atoms with Crippen molar-refractivity contribution in [3.63, 3.8) is 0 Å². The van der Waals surface area contributed by atoms with Gasteiger partial charge in [-0.2, -0.15) is 5.26 Å². The van der Waals surface area contributed by atoms with Crippen LogP contribution in [0.4, 0.5) is 0 Å². The van der Waals surface area contributed by atoms with Crippen molar-refractivity contribution in [3.8, 4) is 6.07 Å². The molecule has 2 aliphatic rings. The fourth-order valence-corrected chi connectivity index (χ4v) is 2.34. The van der Waals surface area contributed by atoms with Gasteiger partial charge in [0.05, 0.1) is 25.2 Å². The largest absolute Gasteiger partial charge is 0.350 e. The monoisotopic (exact) mass is 224 g/mol. The predicted molar refractivity (Wildman–Crippen MR) is 59.8 cm³/mol. The second-order valence-corrected chi connectivity index (χ2v) is 4.57. The minimum absolute atomic E-state index is 0.00337. The molecule has 0 bridgehead atoms. The average Bonchev–Trinajstić information content (AvgIpc) is 2.76. The third-order valence-electron chi connectivity index (χ3n) is 3.26. The third kappa shape index (κ3) is 3.44. The van der Waals surface area contributed by atoms with Crippen LogP contribution in [0.25, 0.3) is 0 Å². The van der Waals surface area contributed by atoms with Crippen LogP contribution in [0.2, 0.25) is 0 Å². The summed E-state index contributed by atoms with van der Waals surface area (Å²) >= 11 is 0. The molecule has 0 saturated carbocycles. The van der Waals surface area contributed by atoms with Crippen LogP contribution in [0, 0.1) is 11.3 Å². The highest BCUT2D eigenvalue weighted by Crippen LogP contribution is 2.18. The molecule has 0 spiro atoms. The van der Waals surface area contributed by atoms with Gasteiger partial charge in [0, 0.05) is 13.0 Å². The standard InChI is InChI=1S/C12H20N2O2/c13-6-4-11-10-15-12(16-11)5-9-14-7-2-1-3-8-14/h11-12H,1-5,7-10H2. The van der Waals surface area contributed by atoms with E-state index in [0.717, 1.165) is 13.0 Å². The summed E-state index contributed by atoms with van der Waals surface area (Å²) in [6.45, 7) is 4.07. The third-order valence-corrected chi connectivity index (χ3v) is 3.26.